The molecule has 0 aromatic heterocycles. The molecule has 0 saturated carbocycles. The van der Waals surface area contributed by atoms with Gasteiger partial charge in [-0.2, -0.15) is 0 Å². The summed E-state index contributed by atoms with van der Waals surface area (Å²) in [6, 6.07) is 13.1. The maximum Gasteiger partial charge on any atom is 0.229 e. The Morgan fingerprint density at radius 2 is 1.60 bits per heavy atom. The van der Waals surface area contributed by atoms with Crippen LogP contribution in [-0.2, 0) is 16.6 Å². The summed E-state index contributed by atoms with van der Waals surface area (Å²) in [6.07, 6.45) is 1.10. The monoisotopic (exact) mass is 294 g/mol. The Morgan fingerprint density at radius 3 is 2.20 bits per heavy atom. The fourth-order valence-corrected chi connectivity index (χ4v) is 2.30. The first-order valence-corrected chi connectivity index (χ1v) is 7.88. The number of nitrogens with one attached hydrogen (secondary N) is 2. The van der Waals surface area contributed by atoms with Gasteiger partial charge in [0.25, 0.3) is 0 Å². The van der Waals surface area contributed by atoms with Crippen LogP contribution in [0.4, 0.5) is 15.8 Å². The van der Waals surface area contributed by atoms with Crippen LogP contribution in [0.2, 0.25) is 0 Å². The average Bonchev–Trinajstić information content (AvgIpc) is 2.38. The highest BCUT2D eigenvalue weighted by molar-refractivity contribution is 7.92. The SMILES string of the molecule is CS(=O)(=O)Nc1ccccc1NCc1ccc(F)cc1. The number of hydrogen-bond donors (Lipinski definition) is 2. The third-order valence-electron chi connectivity index (χ3n) is 2.62. The summed E-state index contributed by atoms with van der Waals surface area (Å²) in [5.41, 5.74) is 2.06. The van der Waals surface area contributed by atoms with Gasteiger partial charge in [-0.15, -0.1) is 0 Å². The molecule has 0 atom stereocenters. The highest BCUT2D eigenvalue weighted by Gasteiger charge is 2.06. The Balaban J connectivity index is 2.11. The van der Waals surface area contributed by atoms with Gasteiger partial charge in [0, 0.05) is 6.54 Å². The number of anilines is 2. The molecule has 0 aliphatic heterocycles. The number of sulfonamides is 1. The van der Waals surface area contributed by atoms with Crippen molar-refractivity contribution in [2.45, 2.75) is 6.54 Å². The number of benzene rings is 2. The molecule has 0 aliphatic carbocycles. The zero-order valence-corrected chi connectivity index (χ0v) is 11.7. The first kappa shape index (κ1) is 14.3. The van der Waals surface area contributed by atoms with Crippen LogP contribution in [0.5, 0.6) is 0 Å². The summed E-state index contributed by atoms with van der Waals surface area (Å²) in [5, 5.41) is 3.12. The van der Waals surface area contributed by atoms with E-state index in [1.165, 1.54) is 12.1 Å². The second-order valence-electron chi connectivity index (χ2n) is 4.40. The van der Waals surface area contributed by atoms with E-state index in [-0.39, 0.29) is 5.82 Å². The van der Waals surface area contributed by atoms with E-state index in [9.17, 15) is 12.8 Å². The summed E-state index contributed by atoms with van der Waals surface area (Å²) in [5.74, 6) is -0.284. The highest BCUT2D eigenvalue weighted by atomic mass is 32.2. The highest BCUT2D eigenvalue weighted by Crippen LogP contribution is 2.22. The van der Waals surface area contributed by atoms with Gasteiger partial charge in [-0.25, -0.2) is 12.8 Å². The fraction of sp³-hybridized carbons (Fsp3) is 0.143. The minimum absolute atomic E-state index is 0.284. The van der Waals surface area contributed by atoms with E-state index < -0.39 is 10.0 Å². The van der Waals surface area contributed by atoms with E-state index >= 15 is 0 Å². The topological polar surface area (TPSA) is 58.2 Å². The largest absolute Gasteiger partial charge is 0.379 e. The van der Waals surface area contributed by atoms with E-state index in [4.69, 9.17) is 0 Å². The van der Waals surface area contributed by atoms with Gasteiger partial charge in [-0.3, -0.25) is 4.72 Å². The zero-order valence-electron chi connectivity index (χ0n) is 10.9. The predicted molar refractivity (Wildman–Crippen MR) is 78.6 cm³/mol. The maximum absolute atomic E-state index is 12.8. The first-order valence-electron chi connectivity index (χ1n) is 5.99. The molecule has 2 N–H and O–H groups in total. The fourth-order valence-electron chi connectivity index (χ4n) is 1.73. The quantitative estimate of drug-likeness (QED) is 0.891. The average molecular weight is 294 g/mol. The molecular formula is C14H15FN2O2S. The van der Waals surface area contributed by atoms with Crippen molar-refractivity contribution >= 4 is 21.4 Å². The molecule has 0 saturated heterocycles. The molecule has 106 valence electrons. The summed E-state index contributed by atoms with van der Waals surface area (Å²) in [4.78, 5) is 0. The molecular weight excluding hydrogens is 279 g/mol. The van der Waals surface area contributed by atoms with Crippen LogP contribution in [0, 0.1) is 5.82 Å². The lowest BCUT2D eigenvalue weighted by molar-refractivity contribution is 0.607. The zero-order chi connectivity index (χ0) is 14.6. The van der Waals surface area contributed by atoms with E-state index in [2.05, 4.69) is 10.0 Å². The molecule has 0 unspecified atom stereocenters. The first-order chi connectivity index (χ1) is 9.44. The molecule has 0 spiro atoms. The molecule has 0 radical (unpaired) electrons. The van der Waals surface area contributed by atoms with E-state index in [1.54, 1.807) is 36.4 Å². The van der Waals surface area contributed by atoms with Gasteiger partial charge in [0.2, 0.25) is 10.0 Å². The van der Waals surface area contributed by atoms with E-state index in [0.717, 1.165) is 11.8 Å². The smallest absolute Gasteiger partial charge is 0.229 e. The lowest BCUT2D eigenvalue weighted by Gasteiger charge is -2.12. The number of rotatable bonds is 5. The Kier molecular flexibility index (Phi) is 4.24. The van der Waals surface area contributed by atoms with Crippen LogP contribution in [0.1, 0.15) is 5.56 Å². The molecule has 4 nitrogen and oxygen atoms in total. The van der Waals surface area contributed by atoms with Crippen LogP contribution in [0.3, 0.4) is 0 Å². The van der Waals surface area contributed by atoms with Crippen molar-refractivity contribution in [2.75, 3.05) is 16.3 Å². The maximum atomic E-state index is 12.8. The van der Waals surface area contributed by atoms with Gasteiger partial charge in [0.15, 0.2) is 0 Å². The van der Waals surface area contributed by atoms with Crippen molar-refractivity contribution < 1.29 is 12.8 Å². The minimum Gasteiger partial charge on any atom is -0.379 e. The Morgan fingerprint density at radius 1 is 1.00 bits per heavy atom. The van der Waals surface area contributed by atoms with Crippen LogP contribution in [-0.4, -0.2) is 14.7 Å². The Hall–Kier alpha value is -2.08. The second-order valence-corrected chi connectivity index (χ2v) is 6.15. The van der Waals surface area contributed by atoms with Gasteiger partial charge in [-0.05, 0) is 29.8 Å². The molecule has 0 heterocycles. The predicted octanol–water partition coefficient (Wildman–Crippen LogP) is 2.81. The molecule has 2 aromatic carbocycles. The van der Waals surface area contributed by atoms with Gasteiger partial charge in [-0.1, -0.05) is 24.3 Å². The Labute approximate surface area is 117 Å². The Bertz CT molecular complexity index is 685. The lowest BCUT2D eigenvalue weighted by Crippen LogP contribution is -2.11. The molecule has 0 amide bonds. The number of para-hydroxylation sites is 2. The normalized spacial score (nSPS) is 11.1. The van der Waals surface area contributed by atoms with Crippen LogP contribution in [0.15, 0.2) is 48.5 Å². The minimum atomic E-state index is -3.33. The van der Waals surface area contributed by atoms with Crippen molar-refractivity contribution in [2.24, 2.45) is 0 Å². The third kappa shape index (κ3) is 4.24. The van der Waals surface area contributed by atoms with Crippen molar-refractivity contribution in [3.8, 4) is 0 Å². The van der Waals surface area contributed by atoms with Crippen molar-refractivity contribution in [3.63, 3.8) is 0 Å². The van der Waals surface area contributed by atoms with Gasteiger partial charge < -0.3 is 5.32 Å². The van der Waals surface area contributed by atoms with Gasteiger partial charge >= 0.3 is 0 Å². The number of halogens is 1. The van der Waals surface area contributed by atoms with Crippen LogP contribution >= 0.6 is 0 Å². The third-order valence-corrected chi connectivity index (χ3v) is 3.21. The number of hydrogen-bond acceptors (Lipinski definition) is 3. The molecule has 0 aliphatic rings. The van der Waals surface area contributed by atoms with E-state index in [1.807, 2.05) is 0 Å². The molecule has 2 rings (SSSR count). The molecule has 6 heteroatoms. The van der Waals surface area contributed by atoms with Crippen LogP contribution < -0.4 is 10.0 Å². The molecule has 0 fully saturated rings. The standard InChI is InChI=1S/C14H15FN2O2S/c1-20(18,19)17-14-5-3-2-4-13(14)16-10-11-6-8-12(15)9-7-11/h2-9,16-17H,10H2,1H3. The summed E-state index contributed by atoms with van der Waals surface area (Å²) >= 11 is 0. The van der Waals surface area contributed by atoms with Gasteiger partial charge in [0.05, 0.1) is 17.6 Å². The summed E-state index contributed by atoms with van der Waals surface area (Å²) in [7, 11) is -3.33. The van der Waals surface area contributed by atoms with Crippen molar-refractivity contribution in [1.82, 2.24) is 0 Å². The molecule has 0 bridgehead atoms. The summed E-state index contributed by atoms with van der Waals surface area (Å²) < 4.78 is 37.8. The second kappa shape index (κ2) is 5.92. The van der Waals surface area contributed by atoms with Crippen molar-refractivity contribution in [1.29, 1.82) is 0 Å². The summed E-state index contributed by atoms with van der Waals surface area (Å²) in [6.45, 7) is 0.475. The van der Waals surface area contributed by atoms with Crippen LogP contribution in [0.25, 0.3) is 0 Å². The molecule has 20 heavy (non-hydrogen) atoms. The van der Waals surface area contributed by atoms with E-state index in [0.29, 0.717) is 17.9 Å². The van der Waals surface area contributed by atoms with Crippen molar-refractivity contribution in [3.05, 3.63) is 59.9 Å². The van der Waals surface area contributed by atoms with Gasteiger partial charge in [0.1, 0.15) is 5.82 Å². The molecule has 2 aromatic rings. The lowest BCUT2D eigenvalue weighted by atomic mass is 10.2.